The van der Waals surface area contributed by atoms with Crippen molar-refractivity contribution < 1.29 is 13.2 Å². The van der Waals surface area contributed by atoms with Crippen molar-refractivity contribution in [2.45, 2.75) is 13.1 Å². The molecule has 0 saturated heterocycles. The number of aryl methyl sites for hydroxylation is 1. The molecule has 3 heterocycles. The first-order valence-corrected chi connectivity index (χ1v) is 7.49. The van der Waals surface area contributed by atoms with E-state index in [1.165, 1.54) is 24.5 Å². The van der Waals surface area contributed by atoms with Crippen molar-refractivity contribution in [3.8, 4) is 11.4 Å². The quantitative estimate of drug-likeness (QED) is 0.755. The lowest BCUT2D eigenvalue weighted by atomic mass is 10.1. The first kappa shape index (κ1) is 15.4. The molecule has 3 aromatic rings. The van der Waals surface area contributed by atoms with Gasteiger partial charge in [0, 0.05) is 17.8 Å². The van der Waals surface area contributed by atoms with Gasteiger partial charge in [-0.3, -0.25) is 4.98 Å². The van der Waals surface area contributed by atoms with Gasteiger partial charge in [0.15, 0.2) is 5.13 Å². The molecule has 3 aromatic heterocycles. The zero-order valence-electron chi connectivity index (χ0n) is 11.9. The van der Waals surface area contributed by atoms with Gasteiger partial charge in [0.1, 0.15) is 11.5 Å². The van der Waals surface area contributed by atoms with E-state index in [1.54, 1.807) is 17.6 Å². The van der Waals surface area contributed by atoms with Gasteiger partial charge in [0.25, 0.3) is 0 Å². The van der Waals surface area contributed by atoms with E-state index in [1.807, 2.05) is 12.1 Å². The third-order valence-corrected chi connectivity index (χ3v) is 3.83. The lowest BCUT2D eigenvalue weighted by Crippen LogP contribution is -2.09. The first-order chi connectivity index (χ1) is 10.9. The highest BCUT2D eigenvalue weighted by molar-refractivity contribution is 7.14. The van der Waals surface area contributed by atoms with Crippen molar-refractivity contribution in [3.63, 3.8) is 0 Å². The Labute approximate surface area is 134 Å². The van der Waals surface area contributed by atoms with Crippen LogP contribution in [0.3, 0.4) is 0 Å². The Bertz CT molecular complexity index is 815. The SMILES string of the molecule is Cc1cnc(Nc2nc(-c3ccccn3)cs2)cc1C(F)(F)F. The molecule has 23 heavy (non-hydrogen) atoms. The maximum Gasteiger partial charge on any atom is 0.416 e. The number of pyridine rings is 2. The smallest absolute Gasteiger partial charge is 0.316 e. The van der Waals surface area contributed by atoms with Crippen LogP contribution in [0, 0.1) is 6.92 Å². The van der Waals surface area contributed by atoms with Gasteiger partial charge < -0.3 is 5.32 Å². The van der Waals surface area contributed by atoms with Crippen LogP contribution in [0.2, 0.25) is 0 Å². The van der Waals surface area contributed by atoms with Crippen molar-refractivity contribution >= 4 is 22.3 Å². The van der Waals surface area contributed by atoms with Crippen molar-refractivity contribution in [1.29, 1.82) is 0 Å². The lowest BCUT2D eigenvalue weighted by Gasteiger charge is -2.11. The number of alkyl halides is 3. The average molecular weight is 336 g/mol. The fourth-order valence-electron chi connectivity index (χ4n) is 1.97. The third kappa shape index (κ3) is 3.48. The number of aromatic nitrogens is 3. The van der Waals surface area contributed by atoms with Gasteiger partial charge in [-0.25, -0.2) is 9.97 Å². The largest absolute Gasteiger partial charge is 0.416 e. The average Bonchev–Trinajstić information content (AvgIpc) is 2.97. The van der Waals surface area contributed by atoms with E-state index < -0.39 is 11.7 Å². The molecule has 4 nitrogen and oxygen atoms in total. The maximum atomic E-state index is 12.9. The zero-order chi connectivity index (χ0) is 16.4. The summed E-state index contributed by atoms with van der Waals surface area (Å²) in [6.45, 7) is 1.38. The van der Waals surface area contributed by atoms with E-state index in [0.29, 0.717) is 16.5 Å². The number of hydrogen-bond donors (Lipinski definition) is 1. The van der Waals surface area contributed by atoms with Crippen LogP contribution in [0.25, 0.3) is 11.4 Å². The van der Waals surface area contributed by atoms with Gasteiger partial charge in [-0.2, -0.15) is 13.2 Å². The summed E-state index contributed by atoms with van der Waals surface area (Å²) in [5.41, 5.74) is 0.721. The summed E-state index contributed by atoms with van der Waals surface area (Å²) < 4.78 is 38.7. The molecule has 0 fully saturated rings. The Balaban J connectivity index is 1.85. The number of thiazole rings is 1. The number of hydrogen-bond acceptors (Lipinski definition) is 5. The minimum absolute atomic E-state index is 0.0800. The van der Waals surface area contributed by atoms with Crippen LogP contribution in [0.4, 0.5) is 24.1 Å². The summed E-state index contributed by atoms with van der Waals surface area (Å²) in [6, 6.07) is 6.43. The summed E-state index contributed by atoms with van der Waals surface area (Å²) in [5, 5.41) is 5.04. The minimum atomic E-state index is -4.41. The second kappa shape index (κ2) is 5.96. The van der Waals surface area contributed by atoms with E-state index in [2.05, 4.69) is 20.3 Å². The fourth-order valence-corrected chi connectivity index (χ4v) is 2.68. The summed E-state index contributed by atoms with van der Waals surface area (Å²) in [5.74, 6) is 0.102. The highest BCUT2D eigenvalue weighted by Gasteiger charge is 2.32. The number of anilines is 2. The van der Waals surface area contributed by atoms with E-state index in [0.717, 1.165) is 6.07 Å². The first-order valence-electron chi connectivity index (χ1n) is 6.61. The standard InChI is InChI=1S/C15H11F3N4S/c1-9-7-20-13(6-10(9)15(16,17)18)22-14-21-12(8-23-14)11-4-2-3-5-19-11/h2-8H,1H3,(H,20,21,22). The molecule has 0 saturated carbocycles. The molecule has 0 atom stereocenters. The molecule has 0 radical (unpaired) electrons. The molecule has 0 aromatic carbocycles. The van der Waals surface area contributed by atoms with E-state index >= 15 is 0 Å². The van der Waals surface area contributed by atoms with Gasteiger partial charge in [-0.15, -0.1) is 11.3 Å². The Kier molecular flexibility index (Phi) is 3.99. The molecule has 3 rings (SSSR count). The second-order valence-electron chi connectivity index (χ2n) is 4.76. The number of halogens is 3. The predicted octanol–water partition coefficient (Wildman–Crippen LogP) is 4.67. The molecule has 1 N–H and O–H groups in total. The van der Waals surface area contributed by atoms with Crippen molar-refractivity contribution in [3.05, 3.63) is 53.2 Å². The minimum Gasteiger partial charge on any atom is -0.316 e. The molecule has 0 spiro atoms. The van der Waals surface area contributed by atoms with Gasteiger partial charge in [-0.05, 0) is 30.7 Å². The molecule has 0 bridgehead atoms. The fraction of sp³-hybridized carbons (Fsp3) is 0.133. The number of nitrogens with one attached hydrogen (secondary N) is 1. The lowest BCUT2D eigenvalue weighted by molar-refractivity contribution is -0.138. The number of rotatable bonds is 3. The van der Waals surface area contributed by atoms with E-state index in [4.69, 9.17) is 0 Å². The third-order valence-electron chi connectivity index (χ3n) is 3.08. The van der Waals surface area contributed by atoms with E-state index in [-0.39, 0.29) is 11.4 Å². The molecule has 0 unspecified atom stereocenters. The summed E-state index contributed by atoms with van der Waals surface area (Å²) in [4.78, 5) is 12.5. The van der Waals surface area contributed by atoms with Gasteiger partial charge in [0.2, 0.25) is 0 Å². The Morgan fingerprint density at radius 3 is 2.65 bits per heavy atom. The van der Waals surface area contributed by atoms with Crippen molar-refractivity contribution in [2.75, 3.05) is 5.32 Å². The Morgan fingerprint density at radius 2 is 1.96 bits per heavy atom. The monoisotopic (exact) mass is 336 g/mol. The Hall–Kier alpha value is -2.48. The molecule has 118 valence electrons. The summed E-state index contributed by atoms with van der Waals surface area (Å²) in [7, 11) is 0. The van der Waals surface area contributed by atoms with Crippen LogP contribution in [0.1, 0.15) is 11.1 Å². The molecule has 0 aliphatic rings. The highest BCUT2D eigenvalue weighted by atomic mass is 32.1. The predicted molar refractivity (Wildman–Crippen MR) is 82.6 cm³/mol. The van der Waals surface area contributed by atoms with Gasteiger partial charge in [-0.1, -0.05) is 6.07 Å². The van der Waals surface area contributed by atoms with Crippen molar-refractivity contribution in [2.24, 2.45) is 0 Å². The molecule has 0 aliphatic carbocycles. The molecule has 8 heteroatoms. The molecule has 0 amide bonds. The van der Waals surface area contributed by atoms with Gasteiger partial charge >= 0.3 is 6.18 Å². The van der Waals surface area contributed by atoms with Crippen LogP contribution < -0.4 is 5.32 Å². The van der Waals surface area contributed by atoms with Crippen molar-refractivity contribution in [1.82, 2.24) is 15.0 Å². The summed E-state index contributed by atoms with van der Waals surface area (Å²) in [6.07, 6.45) is -1.57. The molecular weight excluding hydrogens is 325 g/mol. The van der Waals surface area contributed by atoms with Crippen LogP contribution in [-0.4, -0.2) is 15.0 Å². The van der Waals surface area contributed by atoms with Crippen LogP contribution in [0.15, 0.2) is 42.0 Å². The van der Waals surface area contributed by atoms with Crippen LogP contribution in [-0.2, 0) is 6.18 Å². The zero-order valence-corrected chi connectivity index (χ0v) is 12.7. The Morgan fingerprint density at radius 1 is 1.13 bits per heavy atom. The van der Waals surface area contributed by atoms with Crippen LogP contribution in [0.5, 0.6) is 0 Å². The van der Waals surface area contributed by atoms with E-state index in [9.17, 15) is 13.2 Å². The molecular formula is C15H11F3N4S. The second-order valence-corrected chi connectivity index (χ2v) is 5.62. The van der Waals surface area contributed by atoms with Gasteiger partial charge in [0.05, 0.1) is 11.3 Å². The maximum absolute atomic E-state index is 12.9. The topological polar surface area (TPSA) is 50.7 Å². The molecule has 0 aliphatic heterocycles. The normalized spacial score (nSPS) is 11.5. The van der Waals surface area contributed by atoms with Crippen LogP contribution >= 0.6 is 11.3 Å². The highest BCUT2D eigenvalue weighted by Crippen LogP contribution is 2.33. The summed E-state index contributed by atoms with van der Waals surface area (Å²) >= 11 is 1.27. The number of nitrogens with zero attached hydrogens (tertiary/aromatic N) is 3.